The molecule has 0 aromatic heterocycles. The van der Waals surface area contributed by atoms with Crippen molar-refractivity contribution in [2.45, 2.75) is 44.6 Å². The first-order chi connectivity index (χ1) is 5.72. The zero-order valence-electron chi connectivity index (χ0n) is 7.03. The number of ketones is 1. The molecule has 4 nitrogen and oxygen atoms in total. The Balaban J connectivity index is 0.00000144. The number of Topliss-reactive ketones (excluding diaryl/α,β-unsaturated/α-hetero) is 1. The molecule has 1 aliphatic carbocycles. The minimum absolute atomic E-state index is 0. The van der Waals surface area contributed by atoms with Crippen LogP contribution in [0.2, 0.25) is 0 Å². The van der Waals surface area contributed by atoms with E-state index >= 15 is 0 Å². The van der Waals surface area contributed by atoms with Crippen molar-refractivity contribution in [3.8, 4) is 0 Å². The number of hydrogen-bond donors (Lipinski definition) is 1. The molecule has 72 valence electrons. The Morgan fingerprint density at radius 2 is 1.85 bits per heavy atom. The Hall–Kier alpha value is 0.330. The van der Waals surface area contributed by atoms with Gasteiger partial charge in [0.15, 0.2) is 0 Å². The van der Waals surface area contributed by atoms with Crippen LogP contribution in [0.25, 0.3) is 0 Å². The van der Waals surface area contributed by atoms with E-state index in [9.17, 15) is 9.70 Å². The molecule has 1 fully saturated rings. The summed E-state index contributed by atoms with van der Waals surface area (Å²) in [4.78, 5) is 21.5. The SMILES string of the molecule is O=C1CCCCCCC1[N+](=O)O.[CaH2]. The molecule has 0 aliphatic heterocycles. The van der Waals surface area contributed by atoms with Crippen LogP contribution in [0.3, 0.4) is 0 Å². The third-order valence-electron chi connectivity index (χ3n) is 2.29. The number of nitrogens with zero attached hydrogens (tertiary/aromatic N) is 1. The van der Waals surface area contributed by atoms with E-state index in [4.69, 9.17) is 5.21 Å². The van der Waals surface area contributed by atoms with Gasteiger partial charge in [-0.25, -0.2) is 5.21 Å². The van der Waals surface area contributed by atoms with E-state index in [1.807, 2.05) is 0 Å². The molecule has 0 bridgehead atoms. The van der Waals surface area contributed by atoms with Crippen LogP contribution in [-0.4, -0.2) is 59.7 Å². The number of carbonyl (C=O) groups is 1. The van der Waals surface area contributed by atoms with Gasteiger partial charge in [0, 0.05) is 12.8 Å². The van der Waals surface area contributed by atoms with Crippen LogP contribution >= 0.6 is 0 Å². The van der Waals surface area contributed by atoms with Crippen molar-refractivity contribution in [3.05, 3.63) is 4.91 Å². The average Bonchev–Trinajstić information content (AvgIpc) is 1.96. The van der Waals surface area contributed by atoms with Gasteiger partial charge >= 0.3 is 43.8 Å². The van der Waals surface area contributed by atoms with Crippen LogP contribution < -0.4 is 0 Å². The maximum absolute atomic E-state index is 11.2. The molecule has 0 spiro atoms. The fourth-order valence-electron chi connectivity index (χ4n) is 1.55. The standard InChI is InChI=1S/C8H14NO3.Ca.2H/c10-8-6-4-2-1-3-5-7(8)9(11)12;;;/h7H,1-6H2,(H,11,12);;;/q+1;;;. The molecule has 1 saturated carbocycles. The fraction of sp³-hybridized carbons (Fsp3) is 0.875. The van der Waals surface area contributed by atoms with Crippen molar-refractivity contribution in [2.24, 2.45) is 0 Å². The van der Waals surface area contributed by atoms with Crippen LogP contribution in [0.1, 0.15) is 38.5 Å². The summed E-state index contributed by atoms with van der Waals surface area (Å²) in [5.74, 6) is -0.118. The van der Waals surface area contributed by atoms with Crippen molar-refractivity contribution in [1.82, 2.24) is 0 Å². The van der Waals surface area contributed by atoms with Gasteiger partial charge in [0.25, 0.3) is 0 Å². The van der Waals surface area contributed by atoms with E-state index in [0.29, 0.717) is 12.8 Å². The molecular weight excluding hydrogens is 198 g/mol. The number of hydrogen-bond acceptors (Lipinski definition) is 2. The van der Waals surface area contributed by atoms with Gasteiger partial charge in [-0.05, 0) is 12.8 Å². The molecule has 0 aromatic carbocycles. The Bertz CT molecular complexity index is 196. The predicted molar refractivity (Wildman–Crippen MR) is 50.5 cm³/mol. The zero-order valence-corrected chi connectivity index (χ0v) is 7.03. The van der Waals surface area contributed by atoms with Gasteiger partial charge in [0.1, 0.15) is 0 Å². The topological polar surface area (TPSA) is 57.4 Å². The van der Waals surface area contributed by atoms with E-state index in [2.05, 4.69) is 0 Å². The number of carbonyl (C=O) groups excluding carboxylic acids is 1. The molecule has 1 atom stereocenters. The Morgan fingerprint density at radius 3 is 2.46 bits per heavy atom. The predicted octanol–water partition coefficient (Wildman–Crippen LogP) is 0.530. The maximum atomic E-state index is 11.2. The molecule has 0 amide bonds. The van der Waals surface area contributed by atoms with E-state index in [1.165, 1.54) is 0 Å². The van der Waals surface area contributed by atoms with Crippen molar-refractivity contribution in [1.29, 1.82) is 0 Å². The molecule has 5 heteroatoms. The van der Waals surface area contributed by atoms with Crippen LogP contribution in [0.15, 0.2) is 0 Å². The quantitative estimate of drug-likeness (QED) is 0.511. The second kappa shape index (κ2) is 6.73. The zero-order chi connectivity index (χ0) is 8.97. The first kappa shape index (κ1) is 13.3. The summed E-state index contributed by atoms with van der Waals surface area (Å²) in [6.07, 6.45) is 4.75. The average molecular weight is 214 g/mol. The van der Waals surface area contributed by atoms with E-state index in [0.717, 1.165) is 25.7 Å². The van der Waals surface area contributed by atoms with E-state index < -0.39 is 6.04 Å². The van der Waals surface area contributed by atoms with Crippen LogP contribution in [0.5, 0.6) is 0 Å². The van der Waals surface area contributed by atoms with Crippen molar-refractivity contribution in [2.75, 3.05) is 0 Å². The summed E-state index contributed by atoms with van der Waals surface area (Å²) in [5, 5.41) is 8.62. The molecule has 1 N–H and O–H groups in total. The Kier molecular flexibility index (Phi) is 6.91. The minimum atomic E-state index is -0.801. The summed E-state index contributed by atoms with van der Waals surface area (Å²) < 4.78 is 0. The summed E-state index contributed by atoms with van der Waals surface area (Å²) in [7, 11) is 0. The molecular formula is C8H16CaNO3+. The summed E-state index contributed by atoms with van der Waals surface area (Å²) >= 11 is 0. The second-order valence-electron chi connectivity index (χ2n) is 3.24. The molecule has 0 saturated heterocycles. The summed E-state index contributed by atoms with van der Waals surface area (Å²) in [5.41, 5.74) is 0. The van der Waals surface area contributed by atoms with Crippen molar-refractivity contribution >= 4 is 43.5 Å². The molecule has 13 heavy (non-hydrogen) atoms. The van der Waals surface area contributed by atoms with Gasteiger partial charge in [0.2, 0.25) is 10.7 Å². The first-order valence-electron chi connectivity index (χ1n) is 4.40. The van der Waals surface area contributed by atoms with Gasteiger partial charge in [0.05, 0.1) is 4.91 Å². The van der Waals surface area contributed by atoms with Gasteiger partial charge < -0.3 is 0 Å². The molecule has 0 radical (unpaired) electrons. The van der Waals surface area contributed by atoms with Gasteiger partial charge in [-0.1, -0.05) is 12.8 Å². The van der Waals surface area contributed by atoms with Crippen LogP contribution in [-0.2, 0) is 4.79 Å². The van der Waals surface area contributed by atoms with Crippen molar-refractivity contribution in [3.63, 3.8) is 0 Å². The third-order valence-corrected chi connectivity index (χ3v) is 2.29. The monoisotopic (exact) mass is 214 g/mol. The van der Waals surface area contributed by atoms with E-state index in [-0.39, 0.29) is 48.4 Å². The Morgan fingerprint density at radius 1 is 1.23 bits per heavy atom. The first-order valence-corrected chi connectivity index (χ1v) is 4.40. The molecule has 1 unspecified atom stereocenters. The van der Waals surface area contributed by atoms with Crippen LogP contribution in [0, 0.1) is 4.91 Å². The van der Waals surface area contributed by atoms with Gasteiger partial charge in [-0.3, -0.25) is 4.79 Å². The Labute approximate surface area is 107 Å². The molecule has 1 rings (SSSR count). The third kappa shape index (κ3) is 4.38. The van der Waals surface area contributed by atoms with E-state index in [1.54, 1.807) is 0 Å². The van der Waals surface area contributed by atoms with Crippen LogP contribution in [0.4, 0.5) is 0 Å². The van der Waals surface area contributed by atoms with Gasteiger partial charge in [-0.15, -0.1) is 0 Å². The summed E-state index contributed by atoms with van der Waals surface area (Å²) in [6.45, 7) is 0. The van der Waals surface area contributed by atoms with Gasteiger partial charge in [-0.2, -0.15) is 0 Å². The van der Waals surface area contributed by atoms with Crippen molar-refractivity contribution < 1.29 is 14.9 Å². The number of rotatable bonds is 1. The molecule has 0 aromatic rings. The second-order valence-corrected chi connectivity index (χ2v) is 3.24. The summed E-state index contributed by atoms with van der Waals surface area (Å²) in [6, 6.07) is -0.801. The molecule has 1 aliphatic rings. The normalized spacial score (nSPS) is 24.0. The molecule has 0 heterocycles. The fourth-order valence-corrected chi connectivity index (χ4v) is 1.55.